The van der Waals surface area contributed by atoms with Crippen LogP contribution in [0.2, 0.25) is 0 Å². The van der Waals surface area contributed by atoms with Gasteiger partial charge in [-0.1, -0.05) is 0 Å². The van der Waals surface area contributed by atoms with E-state index in [1.807, 2.05) is 6.07 Å². The van der Waals surface area contributed by atoms with Crippen LogP contribution < -0.4 is 4.74 Å². The second kappa shape index (κ2) is 4.53. The monoisotopic (exact) mass is 225 g/mol. The summed E-state index contributed by atoms with van der Waals surface area (Å²) in [6, 6.07) is 5.41. The normalized spacial score (nSPS) is 18.4. The molecule has 0 unspecified atom stereocenters. The number of hydrogen-bond acceptors (Lipinski definition) is 3. The summed E-state index contributed by atoms with van der Waals surface area (Å²) >= 11 is 0. The molecule has 2 rings (SSSR count). The molecule has 0 amide bonds. The molecule has 1 aromatic heterocycles. The van der Waals surface area contributed by atoms with Gasteiger partial charge in [0.05, 0.1) is 25.4 Å². The van der Waals surface area contributed by atoms with Gasteiger partial charge in [-0.3, -0.25) is 4.68 Å². The lowest BCUT2D eigenvalue weighted by Gasteiger charge is -2.10. The Bertz CT molecular complexity index is 634. The molecule has 0 aliphatic carbocycles. The van der Waals surface area contributed by atoms with E-state index in [1.54, 1.807) is 30.1 Å². The summed E-state index contributed by atoms with van der Waals surface area (Å²) in [4.78, 5) is 0.522. The zero-order valence-electron chi connectivity index (χ0n) is 15.0. The van der Waals surface area contributed by atoms with Crippen molar-refractivity contribution in [3.63, 3.8) is 0 Å². The first kappa shape index (κ1) is 5.68. The Morgan fingerprint density at radius 3 is 3.12 bits per heavy atom. The molecule has 0 N–H and O–H groups in total. The SMILES string of the molecule is [2H]C([2H])([2H])N(CCn1ncc2ccc(OC)cc21)C([2H])([2H])[2H]. The van der Waals surface area contributed by atoms with Crippen molar-refractivity contribution in [1.82, 2.24) is 14.7 Å². The Morgan fingerprint density at radius 2 is 2.38 bits per heavy atom. The lowest BCUT2D eigenvalue weighted by molar-refractivity contribution is 0.376. The first-order chi connectivity index (χ1) is 10.1. The molecule has 0 saturated heterocycles. The summed E-state index contributed by atoms with van der Waals surface area (Å²) < 4.78 is 50.8. The standard InChI is InChI=1S/C12H17N3O/c1-14(2)6-7-15-12-8-11(16-3)5-4-10(12)9-13-15/h4-5,8-9H,6-7H2,1-3H3/i1D3,2D3. The molecule has 0 aliphatic heterocycles. The van der Waals surface area contributed by atoms with Gasteiger partial charge in [0, 0.05) is 26.2 Å². The van der Waals surface area contributed by atoms with E-state index >= 15 is 0 Å². The van der Waals surface area contributed by atoms with E-state index in [0.717, 1.165) is 10.9 Å². The highest BCUT2D eigenvalue weighted by atomic mass is 16.5. The molecule has 0 saturated carbocycles. The zero-order valence-corrected chi connectivity index (χ0v) is 8.97. The van der Waals surface area contributed by atoms with Crippen LogP contribution in [-0.2, 0) is 6.54 Å². The van der Waals surface area contributed by atoms with Gasteiger partial charge in [-0.05, 0) is 26.1 Å². The van der Waals surface area contributed by atoms with Crippen molar-refractivity contribution in [3.8, 4) is 5.75 Å². The summed E-state index contributed by atoms with van der Waals surface area (Å²) in [5.74, 6) is 0.651. The average molecular weight is 225 g/mol. The van der Waals surface area contributed by atoms with Crippen LogP contribution in [0.1, 0.15) is 8.22 Å². The maximum absolute atomic E-state index is 7.35. The fourth-order valence-corrected chi connectivity index (χ4v) is 1.55. The number of methoxy groups -OCH3 is 1. The van der Waals surface area contributed by atoms with Crippen molar-refractivity contribution in [2.45, 2.75) is 6.54 Å². The minimum absolute atomic E-state index is 0.146. The molecule has 1 aromatic carbocycles. The molecular weight excluding hydrogens is 202 g/mol. The number of rotatable bonds is 4. The summed E-state index contributed by atoms with van der Waals surface area (Å²) in [5, 5.41) is 5.04. The van der Waals surface area contributed by atoms with E-state index in [9.17, 15) is 0 Å². The number of nitrogens with zero attached hydrogens (tertiary/aromatic N) is 3. The van der Waals surface area contributed by atoms with E-state index in [1.165, 1.54) is 0 Å². The highest BCUT2D eigenvalue weighted by Gasteiger charge is 2.04. The van der Waals surface area contributed by atoms with Crippen molar-refractivity contribution < 1.29 is 13.0 Å². The summed E-state index contributed by atoms with van der Waals surface area (Å²) in [6.07, 6.45) is 1.64. The Balaban J connectivity index is 2.23. The molecule has 2 aromatic rings. The fourth-order valence-electron chi connectivity index (χ4n) is 1.55. The van der Waals surface area contributed by atoms with Gasteiger partial charge in [0.25, 0.3) is 0 Å². The van der Waals surface area contributed by atoms with Gasteiger partial charge in [-0.2, -0.15) is 5.10 Å². The molecule has 4 heteroatoms. The summed E-state index contributed by atoms with van der Waals surface area (Å²) in [5.41, 5.74) is 0.760. The molecule has 0 bridgehead atoms. The Morgan fingerprint density at radius 1 is 1.50 bits per heavy atom. The largest absolute Gasteiger partial charge is 0.497 e. The predicted molar refractivity (Wildman–Crippen MR) is 64.8 cm³/mol. The van der Waals surface area contributed by atoms with E-state index < -0.39 is 14.0 Å². The van der Waals surface area contributed by atoms with Crippen molar-refractivity contribution in [2.75, 3.05) is 27.6 Å². The highest BCUT2D eigenvalue weighted by molar-refractivity contribution is 5.80. The minimum atomic E-state index is -2.69. The Hall–Kier alpha value is -1.55. The quantitative estimate of drug-likeness (QED) is 0.792. The number of hydrogen-bond donors (Lipinski definition) is 0. The van der Waals surface area contributed by atoms with E-state index in [0.29, 0.717) is 10.6 Å². The lowest BCUT2D eigenvalue weighted by Crippen LogP contribution is -2.18. The Labute approximate surface area is 104 Å². The maximum Gasteiger partial charge on any atom is 0.121 e. The third-order valence-electron chi connectivity index (χ3n) is 2.39. The van der Waals surface area contributed by atoms with Crippen molar-refractivity contribution in [3.05, 3.63) is 24.4 Å². The van der Waals surface area contributed by atoms with Crippen LogP contribution >= 0.6 is 0 Å². The third-order valence-corrected chi connectivity index (χ3v) is 2.39. The second-order valence-corrected chi connectivity index (χ2v) is 3.44. The molecule has 4 nitrogen and oxygen atoms in total. The number of benzene rings is 1. The highest BCUT2D eigenvalue weighted by Crippen LogP contribution is 2.20. The summed E-state index contributed by atoms with van der Waals surface area (Å²) in [6.45, 7) is -5.40. The van der Waals surface area contributed by atoms with Crippen LogP contribution in [0, 0.1) is 0 Å². The third kappa shape index (κ3) is 2.17. The number of likely N-dealkylation sites (N-methyl/N-ethyl adjacent to an activating group) is 1. The number of fused-ring (bicyclic) bond motifs is 1. The molecule has 1 heterocycles. The molecule has 0 atom stereocenters. The molecule has 0 radical (unpaired) electrons. The number of aromatic nitrogens is 2. The smallest absolute Gasteiger partial charge is 0.121 e. The molecule has 0 fully saturated rings. The fraction of sp³-hybridized carbons (Fsp3) is 0.417. The van der Waals surface area contributed by atoms with Crippen LogP contribution in [0.25, 0.3) is 10.9 Å². The van der Waals surface area contributed by atoms with Crippen molar-refractivity contribution >= 4 is 10.9 Å². The van der Waals surface area contributed by atoms with Gasteiger partial charge < -0.3 is 9.64 Å². The van der Waals surface area contributed by atoms with Crippen LogP contribution in [0.4, 0.5) is 0 Å². The molecular formula is C12H17N3O. The first-order valence-electron chi connectivity index (χ1n) is 7.90. The van der Waals surface area contributed by atoms with Gasteiger partial charge in [0.2, 0.25) is 0 Å². The van der Waals surface area contributed by atoms with Crippen molar-refractivity contribution in [2.24, 2.45) is 0 Å². The van der Waals surface area contributed by atoms with Crippen molar-refractivity contribution in [1.29, 1.82) is 0 Å². The maximum atomic E-state index is 7.35. The molecule has 0 aliphatic rings. The first-order valence-corrected chi connectivity index (χ1v) is 4.90. The molecule has 16 heavy (non-hydrogen) atoms. The van der Waals surface area contributed by atoms with Crippen LogP contribution in [0.5, 0.6) is 5.75 Å². The van der Waals surface area contributed by atoms with Gasteiger partial charge in [-0.15, -0.1) is 0 Å². The van der Waals surface area contributed by atoms with Crippen LogP contribution in [0.15, 0.2) is 24.4 Å². The van der Waals surface area contributed by atoms with Gasteiger partial charge >= 0.3 is 0 Å². The van der Waals surface area contributed by atoms with E-state index in [2.05, 4.69) is 5.10 Å². The lowest BCUT2D eigenvalue weighted by atomic mass is 10.2. The van der Waals surface area contributed by atoms with Crippen LogP contribution in [0.3, 0.4) is 0 Å². The van der Waals surface area contributed by atoms with Crippen LogP contribution in [-0.4, -0.2) is 42.3 Å². The molecule has 0 spiro atoms. The zero-order chi connectivity index (χ0) is 16.5. The van der Waals surface area contributed by atoms with E-state index in [-0.39, 0.29) is 13.1 Å². The topological polar surface area (TPSA) is 30.3 Å². The van der Waals surface area contributed by atoms with Gasteiger partial charge in [0.1, 0.15) is 5.75 Å². The molecule has 86 valence electrons. The minimum Gasteiger partial charge on any atom is -0.497 e. The average Bonchev–Trinajstić information content (AvgIpc) is 2.78. The second-order valence-electron chi connectivity index (χ2n) is 3.44. The van der Waals surface area contributed by atoms with E-state index in [4.69, 9.17) is 13.0 Å². The van der Waals surface area contributed by atoms with Gasteiger partial charge in [-0.25, -0.2) is 0 Å². The van der Waals surface area contributed by atoms with Gasteiger partial charge in [0.15, 0.2) is 0 Å². The Kier molecular flexibility index (Phi) is 1.61. The summed E-state index contributed by atoms with van der Waals surface area (Å²) in [7, 11) is 1.55. The predicted octanol–water partition coefficient (Wildman–Crippen LogP) is 1.61. The number of ether oxygens (including phenoxy) is 1.